The third-order valence-electron chi connectivity index (χ3n) is 5.32. The Morgan fingerprint density at radius 3 is 2.59 bits per heavy atom. The first-order valence-electron chi connectivity index (χ1n) is 10.8. The molecule has 2 aromatic heterocycles. The Bertz CT molecular complexity index is 1180. The molecule has 0 spiro atoms. The molecule has 0 radical (unpaired) electrons. The largest absolute Gasteiger partial charge is 0.356 e. The molecule has 32 heavy (non-hydrogen) atoms. The van der Waals surface area contributed by atoms with Crippen LogP contribution in [0.15, 0.2) is 27.6 Å². The second kappa shape index (κ2) is 10.2. The molecule has 0 saturated carbocycles. The number of nitrogens with zero attached hydrogens (tertiary/aromatic N) is 5. The van der Waals surface area contributed by atoms with Gasteiger partial charge in [0.15, 0.2) is 5.82 Å². The number of aromatic nitrogens is 4. The van der Waals surface area contributed by atoms with Gasteiger partial charge in [-0.15, -0.1) is 0 Å². The molecule has 3 aromatic rings. The van der Waals surface area contributed by atoms with Gasteiger partial charge in [-0.05, 0) is 31.5 Å². The van der Waals surface area contributed by atoms with Gasteiger partial charge in [0.2, 0.25) is 21.8 Å². The summed E-state index contributed by atoms with van der Waals surface area (Å²) in [4.78, 5) is 21.1. The minimum absolute atomic E-state index is 0.0661. The van der Waals surface area contributed by atoms with Crippen LogP contribution in [0.25, 0.3) is 11.0 Å². The molecular weight excluding hydrogens is 432 g/mol. The monoisotopic (exact) mass is 462 g/mol. The summed E-state index contributed by atoms with van der Waals surface area (Å²) in [6, 6.07) is 4.98. The Morgan fingerprint density at radius 2 is 1.94 bits per heavy atom. The summed E-state index contributed by atoms with van der Waals surface area (Å²) in [6.07, 6.45) is 2.08. The van der Waals surface area contributed by atoms with Gasteiger partial charge in [0.25, 0.3) is 0 Å². The van der Waals surface area contributed by atoms with E-state index in [-0.39, 0.29) is 10.8 Å². The lowest BCUT2D eigenvalue weighted by molar-refractivity contribution is -0.121. The maximum Gasteiger partial charge on any atom is 0.243 e. The van der Waals surface area contributed by atoms with Crippen molar-refractivity contribution in [1.29, 1.82) is 0 Å². The zero-order chi connectivity index (χ0) is 23.3. The Labute approximate surface area is 188 Å². The van der Waals surface area contributed by atoms with Crippen LogP contribution < -0.4 is 5.32 Å². The highest BCUT2D eigenvalue weighted by Gasteiger charge is 2.22. The van der Waals surface area contributed by atoms with Crippen LogP contribution in [0.1, 0.15) is 44.2 Å². The fourth-order valence-electron chi connectivity index (χ4n) is 3.55. The van der Waals surface area contributed by atoms with E-state index in [4.69, 9.17) is 4.52 Å². The number of nitrogens with one attached hydrogen (secondary N) is 1. The highest BCUT2D eigenvalue weighted by atomic mass is 32.2. The van der Waals surface area contributed by atoms with Crippen molar-refractivity contribution in [2.75, 3.05) is 19.6 Å². The van der Waals surface area contributed by atoms with E-state index in [0.717, 1.165) is 11.3 Å². The summed E-state index contributed by atoms with van der Waals surface area (Å²) >= 11 is 0. The molecule has 11 heteroatoms. The molecule has 0 unspecified atom stereocenters. The molecule has 0 bridgehead atoms. The first kappa shape index (κ1) is 23.9. The van der Waals surface area contributed by atoms with Crippen LogP contribution in [0.3, 0.4) is 0 Å². The number of aryl methyl sites for hydroxylation is 4. The number of carbonyl (C=O) groups excluding carboxylic acids is 1. The van der Waals surface area contributed by atoms with Gasteiger partial charge >= 0.3 is 0 Å². The lowest BCUT2D eigenvalue weighted by atomic mass is 10.2. The summed E-state index contributed by atoms with van der Waals surface area (Å²) < 4.78 is 33.9. The third kappa shape index (κ3) is 5.33. The number of sulfonamides is 1. The molecule has 174 valence electrons. The molecule has 0 aliphatic heterocycles. The number of rotatable bonds is 11. The van der Waals surface area contributed by atoms with Crippen LogP contribution in [0.5, 0.6) is 0 Å². The lowest BCUT2D eigenvalue weighted by Gasteiger charge is -2.18. The zero-order valence-corrected chi connectivity index (χ0v) is 19.8. The average Bonchev–Trinajstić information content (AvgIpc) is 3.32. The topological polar surface area (TPSA) is 123 Å². The van der Waals surface area contributed by atoms with Crippen molar-refractivity contribution in [3.05, 3.63) is 35.7 Å². The van der Waals surface area contributed by atoms with E-state index in [0.29, 0.717) is 62.5 Å². The maximum absolute atomic E-state index is 12.8. The number of fused-ring (bicyclic) bond motifs is 1. The predicted octanol–water partition coefficient (Wildman–Crippen LogP) is 1.98. The van der Waals surface area contributed by atoms with E-state index < -0.39 is 10.0 Å². The molecule has 1 aromatic carbocycles. The summed E-state index contributed by atoms with van der Waals surface area (Å²) in [5.41, 5.74) is 1.43. The standard InChI is InChI=1S/C21H30N6O4S/c1-5-27(6-2)32(29,30)16-9-10-18-17(14-16)24-19(26(18)4)11-12-20(28)22-13-7-8-21-23-15(3)25-31-21/h9-10,14H,5-8,11-13H2,1-4H3,(H,22,28). The Kier molecular flexibility index (Phi) is 7.62. The first-order chi connectivity index (χ1) is 15.3. The molecule has 1 amide bonds. The summed E-state index contributed by atoms with van der Waals surface area (Å²) in [6.45, 7) is 6.74. The molecule has 1 N–H and O–H groups in total. The van der Waals surface area contributed by atoms with Gasteiger partial charge in [-0.2, -0.15) is 9.29 Å². The molecule has 3 rings (SSSR count). The molecule has 0 aliphatic carbocycles. The van der Waals surface area contributed by atoms with Crippen molar-refractivity contribution in [1.82, 2.24) is 29.3 Å². The van der Waals surface area contributed by atoms with Crippen LogP contribution in [0, 0.1) is 6.92 Å². The van der Waals surface area contributed by atoms with Crippen molar-refractivity contribution in [3.63, 3.8) is 0 Å². The molecule has 2 heterocycles. The molecule has 10 nitrogen and oxygen atoms in total. The van der Waals surface area contributed by atoms with Gasteiger partial charge < -0.3 is 14.4 Å². The maximum atomic E-state index is 12.8. The van der Waals surface area contributed by atoms with E-state index >= 15 is 0 Å². The van der Waals surface area contributed by atoms with Crippen LogP contribution >= 0.6 is 0 Å². The van der Waals surface area contributed by atoms with Crippen LogP contribution in [0.4, 0.5) is 0 Å². The molecular formula is C21H30N6O4S. The summed E-state index contributed by atoms with van der Waals surface area (Å²) in [5.74, 6) is 1.83. The van der Waals surface area contributed by atoms with Gasteiger partial charge in [-0.25, -0.2) is 13.4 Å². The average molecular weight is 463 g/mol. The fraction of sp³-hybridized carbons (Fsp3) is 0.524. The number of amides is 1. The normalized spacial score (nSPS) is 12.0. The SMILES string of the molecule is CCN(CC)S(=O)(=O)c1ccc2c(c1)nc(CCC(=O)NCCCc1nc(C)no1)n2C. The molecule has 0 aliphatic rings. The Hall–Kier alpha value is -2.79. The van der Waals surface area contributed by atoms with Gasteiger partial charge in [-0.1, -0.05) is 19.0 Å². The quantitative estimate of drug-likeness (QED) is 0.432. The van der Waals surface area contributed by atoms with Crippen molar-refractivity contribution in [2.24, 2.45) is 7.05 Å². The number of benzene rings is 1. The Morgan fingerprint density at radius 1 is 1.19 bits per heavy atom. The van der Waals surface area contributed by atoms with Crippen molar-refractivity contribution < 1.29 is 17.7 Å². The van der Waals surface area contributed by atoms with Crippen LogP contribution in [0.2, 0.25) is 0 Å². The van der Waals surface area contributed by atoms with E-state index in [1.54, 1.807) is 25.1 Å². The van der Waals surface area contributed by atoms with E-state index in [2.05, 4.69) is 20.4 Å². The number of hydrogen-bond acceptors (Lipinski definition) is 7. The number of hydrogen-bond donors (Lipinski definition) is 1. The molecule has 0 saturated heterocycles. The number of carbonyl (C=O) groups is 1. The van der Waals surface area contributed by atoms with E-state index in [1.165, 1.54) is 4.31 Å². The van der Waals surface area contributed by atoms with E-state index in [9.17, 15) is 13.2 Å². The van der Waals surface area contributed by atoms with Gasteiger partial charge in [0.05, 0.1) is 15.9 Å². The second-order valence-corrected chi connectivity index (χ2v) is 9.45. The minimum Gasteiger partial charge on any atom is -0.356 e. The van der Waals surface area contributed by atoms with Gasteiger partial charge in [0.1, 0.15) is 5.82 Å². The fourth-order valence-corrected chi connectivity index (χ4v) is 5.03. The van der Waals surface area contributed by atoms with Gasteiger partial charge in [-0.3, -0.25) is 4.79 Å². The smallest absolute Gasteiger partial charge is 0.243 e. The van der Waals surface area contributed by atoms with E-state index in [1.807, 2.05) is 25.5 Å². The van der Waals surface area contributed by atoms with Crippen LogP contribution in [-0.4, -0.2) is 58.0 Å². The lowest BCUT2D eigenvalue weighted by Crippen LogP contribution is -2.30. The summed E-state index contributed by atoms with van der Waals surface area (Å²) in [7, 11) is -1.68. The van der Waals surface area contributed by atoms with Crippen molar-refractivity contribution >= 4 is 27.0 Å². The summed E-state index contributed by atoms with van der Waals surface area (Å²) in [5, 5.41) is 6.62. The zero-order valence-electron chi connectivity index (χ0n) is 19.0. The predicted molar refractivity (Wildman–Crippen MR) is 120 cm³/mol. The van der Waals surface area contributed by atoms with Crippen LogP contribution in [-0.2, 0) is 34.7 Å². The second-order valence-electron chi connectivity index (χ2n) is 7.52. The van der Waals surface area contributed by atoms with Crippen molar-refractivity contribution in [2.45, 2.75) is 51.3 Å². The Balaban J connectivity index is 1.59. The molecule has 0 atom stereocenters. The third-order valence-corrected chi connectivity index (χ3v) is 7.37. The number of imidazole rings is 1. The first-order valence-corrected chi connectivity index (χ1v) is 12.2. The van der Waals surface area contributed by atoms with Crippen molar-refractivity contribution in [3.8, 4) is 0 Å². The molecule has 0 fully saturated rings. The minimum atomic E-state index is -3.55. The highest BCUT2D eigenvalue weighted by molar-refractivity contribution is 7.89. The highest BCUT2D eigenvalue weighted by Crippen LogP contribution is 2.22. The van der Waals surface area contributed by atoms with Gasteiger partial charge in [0, 0.05) is 45.9 Å².